The molecule has 3 heteroatoms. The van der Waals surface area contributed by atoms with Crippen LogP contribution in [0.5, 0.6) is 0 Å². The Morgan fingerprint density at radius 3 is 2.67 bits per heavy atom. The number of thiophene rings is 1. The van der Waals surface area contributed by atoms with Gasteiger partial charge in [0.2, 0.25) is 0 Å². The van der Waals surface area contributed by atoms with E-state index in [1.807, 2.05) is 11.3 Å². The van der Waals surface area contributed by atoms with Crippen LogP contribution in [0, 0.1) is 5.92 Å². The quantitative estimate of drug-likeness (QED) is 0.920. The van der Waals surface area contributed by atoms with E-state index in [0.717, 1.165) is 19.0 Å². The number of fused-ring (bicyclic) bond motifs is 1. The minimum absolute atomic E-state index is 0.644. The first-order valence-electron chi connectivity index (χ1n) is 8.34. The van der Waals surface area contributed by atoms with E-state index in [4.69, 9.17) is 0 Å². The molecule has 0 amide bonds. The van der Waals surface area contributed by atoms with E-state index in [1.54, 1.807) is 5.56 Å². The molecule has 0 unspecified atom stereocenters. The highest BCUT2D eigenvalue weighted by atomic mass is 32.1. The van der Waals surface area contributed by atoms with Crippen LogP contribution in [0.4, 0.5) is 0 Å². The van der Waals surface area contributed by atoms with E-state index >= 15 is 0 Å². The number of piperazine rings is 1. The SMILES string of the molecule is c1ccc2c([C@H](C3CCCC3)N3CCNCC3)csc2c1. The van der Waals surface area contributed by atoms with Gasteiger partial charge in [0, 0.05) is 36.9 Å². The predicted octanol–water partition coefficient (Wildman–Crippen LogP) is 4.04. The second-order valence-corrected chi connectivity index (χ2v) is 7.37. The fraction of sp³-hybridized carbons (Fsp3) is 0.556. The van der Waals surface area contributed by atoms with Gasteiger partial charge in [0.15, 0.2) is 0 Å². The molecule has 1 saturated heterocycles. The molecule has 2 heterocycles. The predicted molar refractivity (Wildman–Crippen MR) is 91.0 cm³/mol. The van der Waals surface area contributed by atoms with E-state index in [0.29, 0.717) is 6.04 Å². The number of benzene rings is 1. The second kappa shape index (κ2) is 6.07. The Hall–Kier alpha value is -0.900. The molecule has 1 aliphatic heterocycles. The molecule has 1 atom stereocenters. The third-order valence-corrected chi connectivity index (χ3v) is 6.20. The van der Waals surface area contributed by atoms with Crippen molar-refractivity contribution in [3.8, 4) is 0 Å². The van der Waals surface area contributed by atoms with Crippen molar-refractivity contribution in [2.45, 2.75) is 31.7 Å². The second-order valence-electron chi connectivity index (χ2n) is 6.46. The van der Waals surface area contributed by atoms with Gasteiger partial charge in [-0.2, -0.15) is 0 Å². The first kappa shape index (κ1) is 13.7. The molecule has 0 spiro atoms. The highest BCUT2D eigenvalue weighted by molar-refractivity contribution is 7.17. The summed E-state index contributed by atoms with van der Waals surface area (Å²) < 4.78 is 1.45. The zero-order chi connectivity index (χ0) is 14.1. The molecule has 1 N–H and O–H groups in total. The summed E-state index contributed by atoms with van der Waals surface area (Å²) in [4.78, 5) is 2.75. The van der Waals surface area contributed by atoms with Crippen LogP contribution in [-0.2, 0) is 0 Å². The normalized spacial score (nSPS) is 22.9. The largest absolute Gasteiger partial charge is 0.314 e. The Morgan fingerprint density at radius 1 is 1.10 bits per heavy atom. The zero-order valence-electron chi connectivity index (χ0n) is 12.6. The van der Waals surface area contributed by atoms with Crippen LogP contribution in [0.25, 0.3) is 10.1 Å². The first-order chi connectivity index (χ1) is 10.4. The van der Waals surface area contributed by atoms with Crippen LogP contribution >= 0.6 is 11.3 Å². The lowest BCUT2D eigenvalue weighted by Crippen LogP contribution is -2.46. The Labute approximate surface area is 131 Å². The monoisotopic (exact) mass is 300 g/mol. The van der Waals surface area contributed by atoms with Crippen molar-refractivity contribution in [1.29, 1.82) is 0 Å². The maximum atomic E-state index is 3.50. The molecule has 2 fully saturated rings. The average Bonchev–Trinajstić information content (AvgIpc) is 3.20. The summed E-state index contributed by atoms with van der Waals surface area (Å²) >= 11 is 1.92. The molecular formula is C18H24N2S. The van der Waals surface area contributed by atoms with E-state index < -0.39 is 0 Å². The van der Waals surface area contributed by atoms with E-state index in [9.17, 15) is 0 Å². The summed E-state index contributed by atoms with van der Waals surface area (Å²) in [5, 5.41) is 7.44. The maximum absolute atomic E-state index is 3.50. The summed E-state index contributed by atoms with van der Waals surface area (Å²) in [5.41, 5.74) is 1.60. The Bertz CT molecular complexity index is 594. The van der Waals surface area contributed by atoms with Gasteiger partial charge in [-0.25, -0.2) is 0 Å². The standard InChI is InChI=1S/C18H24N2S/c1-2-6-14(5-1)18(20-11-9-19-10-12-20)16-13-21-17-8-4-3-7-15(16)17/h3-4,7-8,13-14,18-19H,1-2,5-6,9-12H2/t18-/m0/s1. The minimum atomic E-state index is 0.644. The van der Waals surface area contributed by atoms with Crippen molar-refractivity contribution in [2.75, 3.05) is 26.2 Å². The fourth-order valence-corrected chi connectivity index (χ4v) is 5.20. The van der Waals surface area contributed by atoms with Crippen molar-refractivity contribution in [3.05, 3.63) is 35.2 Å². The molecule has 4 rings (SSSR count). The highest BCUT2D eigenvalue weighted by Gasteiger charge is 2.33. The molecule has 2 aromatic rings. The molecule has 21 heavy (non-hydrogen) atoms. The molecule has 112 valence electrons. The number of hydrogen-bond acceptors (Lipinski definition) is 3. The van der Waals surface area contributed by atoms with Gasteiger partial charge in [0.25, 0.3) is 0 Å². The molecule has 1 aromatic carbocycles. The zero-order valence-corrected chi connectivity index (χ0v) is 13.4. The summed E-state index contributed by atoms with van der Waals surface area (Å²) in [6.07, 6.45) is 5.68. The fourth-order valence-electron chi connectivity index (χ4n) is 4.21. The Kier molecular flexibility index (Phi) is 3.97. The van der Waals surface area contributed by atoms with Gasteiger partial charge >= 0.3 is 0 Å². The number of nitrogens with zero attached hydrogens (tertiary/aromatic N) is 1. The average molecular weight is 300 g/mol. The van der Waals surface area contributed by atoms with Gasteiger partial charge in [0.05, 0.1) is 0 Å². The molecule has 1 saturated carbocycles. The third-order valence-electron chi connectivity index (χ3n) is 5.22. The highest BCUT2D eigenvalue weighted by Crippen LogP contribution is 2.43. The van der Waals surface area contributed by atoms with Crippen LogP contribution in [0.3, 0.4) is 0 Å². The van der Waals surface area contributed by atoms with Crippen molar-refractivity contribution in [1.82, 2.24) is 10.2 Å². The van der Waals surface area contributed by atoms with Gasteiger partial charge in [-0.05, 0) is 41.2 Å². The van der Waals surface area contributed by atoms with E-state index in [1.165, 1.54) is 48.9 Å². The number of rotatable bonds is 3. The van der Waals surface area contributed by atoms with Crippen LogP contribution < -0.4 is 5.32 Å². The minimum Gasteiger partial charge on any atom is -0.314 e. The molecule has 0 bridgehead atoms. The third kappa shape index (κ3) is 2.63. The lowest BCUT2D eigenvalue weighted by molar-refractivity contribution is 0.127. The topological polar surface area (TPSA) is 15.3 Å². The van der Waals surface area contributed by atoms with Crippen molar-refractivity contribution in [2.24, 2.45) is 5.92 Å². The summed E-state index contributed by atoms with van der Waals surface area (Å²) in [5.74, 6) is 0.862. The van der Waals surface area contributed by atoms with Crippen LogP contribution in [0.1, 0.15) is 37.3 Å². The van der Waals surface area contributed by atoms with Gasteiger partial charge in [-0.3, -0.25) is 4.90 Å². The van der Waals surface area contributed by atoms with Crippen LogP contribution in [-0.4, -0.2) is 31.1 Å². The van der Waals surface area contributed by atoms with Gasteiger partial charge in [-0.1, -0.05) is 31.0 Å². The lowest BCUT2D eigenvalue weighted by Gasteiger charge is -2.38. The van der Waals surface area contributed by atoms with Gasteiger partial charge < -0.3 is 5.32 Å². The van der Waals surface area contributed by atoms with Gasteiger partial charge in [-0.15, -0.1) is 11.3 Å². The Balaban J connectivity index is 1.73. The molecule has 1 aromatic heterocycles. The first-order valence-corrected chi connectivity index (χ1v) is 9.22. The summed E-state index contributed by atoms with van der Waals surface area (Å²) in [7, 11) is 0. The van der Waals surface area contributed by atoms with Crippen LogP contribution in [0.2, 0.25) is 0 Å². The summed E-state index contributed by atoms with van der Waals surface area (Å²) in [6, 6.07) is 9.60. The molecule has 2 nitrogen and oxygen atoms in total. The van der Waals surface area contributed by atoms with Gasteiger partial charge in [0.1, 0.15) is 0 Å². The molecule has 1 aliphatic carbocycles. The van der Waals surface area contributed by atoms with E-state index in [-0.39, 0.29) is 0 Å². The van der Waals surface area contributed by atoms with E-state index in [2.05, 4.69) is 39.9 Å². The number of nitrogens with one attached hydrogen (secondary N) is 1. The Morgan fingerprint density at radius 2 is 1.86 bits per heavy atom. The smallest absolute Gasteiger partial charge is 0.0391 e. The van der Waals surface area contributed by atoms with Crippen molar-refractivity contribution < 1.29 is 0 Å². The van der Waals surface area contributed by atoms with Crippen molar-refractivity contribution >= 4 is 21.4 Å². The van der Waals surface area contributed by atoms with Crippen molar-refractivity contribution in [3.63, 3.8) is 0 Å². The molecule has 2 aliphatic rings. The lowest BCUT2D eigenvalue weighted by atomic mass is 9.89. The van der Waals surface area contributed by atoms with Crippen LogP contribution in [0.15, 0.2) is 29.6 Å². The molecular weight excluding hydrogens is 276 g/mol. The molecule has 0 radical (unpaired) electrons. The maximum Gasteiger partial charge on any atom is 0.0391 e. The number of hydrogen-bond donors (Lipinski definition) is 1. The summed E-state index contributed by atoms with van der Waals surface area (Å²) in [6.45, 7) is 4.69.